The first kappa shape index (κ1) is 12.7. The smallest absolute Gasteiger partial charge is 0.507 e. The molecule has 1 aromatic heterocycles. The summed E-state index contributed by atoms with van der Waals surface area (Å²) in [4.78, 5) is 4.05. The summed E-state index contributed by atoms with van der Waals surface area (Å²) in [6, 6.07) is 3.00. The molecular formula is C11H15BClNO3. The van der Waals surface area contributed by atoms with Gasteiger partial charge in [0, 0.05) is 0 Å². The molecule has 0 aromatic carbocycles. The lowest BCUT2D eigenvalue weighted by Gasteiger charge is -2.32. The third-order valence-electron chi connectivity index (χ3n) is 3.34. The standard InChI is InChI=1S/C11H15BClNO3/c1-10(2)11(3,4)17-12(16-10)9-7(15)5-6-8(13)14-9/h5-6,15H,1-4H3. The predicted molar refractivity (Wildman–Crippen MR) is 66.6 cm³/mol. The molecule has 17 heavy (non-hydrogen) atoms. The normalized spacial score (nSPS) is 21.8. The van der Waals surface area contributed by atoms with Gasteiger partial charge in [-0.25, -0.2) is 4.98 Å². The Kier molecular flexibility index (Phi) is 2.88. The Morgan fingerprint density at radius 3 is 2.24 bits per heavy atom. The number of rotatable bonds is 1. The Morgan fingerprint density at radius 1 is 1.18 bits per heavy atom. The van der Waals surface area contributed by atoms with Crippen LogP contribution < -0.4 is 5.59 Å². The summed E-state index contributed by atoms with van der Waals surface area (Å²) in [6.07, 6.45) is 0. The second-order valence-corrected chi connectivity index (χ2v) is 5.51. The molecule has 0 atom stereocenters. The lowest BCUT2D eigenvalue weighted by Crippen LogP contribution is -2.41. The average molecular weight is 256 g/mol. The average Bonchev–Trinajstić information content (AvgIpc) is 2.40. The van der Waals surface area contributed by atoms with Gasteiger partial charge in [-0.3, -0.25) is 0 Å². The largest absolute Gasteiger partial charge is 0.518 e. The number of nitrogens with zero attached hydrogens (tertiary/aromatic N) is 1. The van der Waals surface area contributed by atoms with Crippen molar-refractivity contribution in [2.45, 2.75) is 38.9 Å². The highest BCUT2D eigenvalue weighted by Crippen LogP contribution is 2.36. The minimum atomic E-state index is -0.696. The molecular weight excluding hydrogens is 240 g/mol. The van der Waals surface area contributed by atoms with Crippen LogP contribution in [0.2, 0.25) is 5.15 Å². The van der Waals surface area contributed by atoms with Gasteiger partial charge in [-0.15, -0.1) is 0 Å². The summed E-state index contributed by atoms with van der Waals surface area (Å²) in [7, 11) is -0.696. The number of aromatic hydroxyl groups is 1. The Labute approximate surface area is 106 Å². The first-order valence-corrected chi connectivity index (χ1v) is 5.82. The van der Waals surface area contributed by atoms with Gasteiger partial charge in [0.15, 0.2) is 0 Å². The van der Waals surface area contributed by atoms with Gasteiger partial charge in [0.1, 0.15) is 16.5 Å². The Morgan fingerprint density at radius 2 is 1.71 bits per heavy atom. The molecule has 1 N–H and O–H groups in total. The molecule has 1 aliphatic heterocycles. The molecule has 1 fully saturated rings. The van der Waals surface area contributed by atoms with Gasteiger partial charge >= 0.3 is 7.12 Å². The molecule has 4 nitrogen and oxygen atoms in total. The first-order valence-electron chi connectivity index (χ1n) is 5.44. The van der Waals surface area contributed by atoms with E-state index in [4.69, 9.17) is 20.9 Å². The molecule has 0 unspecified atom stereocenters. The zero-order chi connectivity index (χ0) is 12.8. The highest BCUT2D eigenvalue weighted by Gasteiger charge is 2.53. The van der Waals surface area contributed by atoms with Crippen LogP contribution in [0.4, 0.5) is 0 Å². The molecule has 0 aliphatic carbocycles. The van der Waals surface area contributed by atoms with E-state index in [1.54, 1.807) is 0 Å². The van der Waals surface area contributed by atoms with Gasteiger partial charge in [0.05, 0.1) is 11.2 Å². The monoisotopic (exact) mass is 255 g/mol. The molecule has 92 valence electrons. The highest BCUT2D eigenvalue weighted by molar-refractivity contribution is 6.62. The fraction of sp³-hybridized carbons (Fsp3) is 0.545. The Balaban J connectivity index is 2.35. The summed E-state index contributed by atoms with van der Waals surface area (Å²) in [5, 5.41) is 10.1. The third kappa shape index (κ3) is 2.15. The summed E-state index contributed by atoms with van der Waals surface area (Å²) in [6.45, 7) is 7.76. The predicted octanol–water partition coefficient (Wildman–Crippen LogP) is 1.74. The van der Waals surface area contributed by atoms with Crippen LogP contribution in [-0.2, 0) is 9.31 Å². The van der Waals surface area contributed by atoms with Crippen LogP contribution in [0.1, 0.15) is 27.7 Å². The van der Waals surface area contributed by atoms with E-state index in [0.717, 1.165) is 0 Å². The van der Waals surface area contributed by atoms with E-state index in [1.807, 2.05) is 27.7 Å². The van der Waals surface area contributed by atoms with Crippen molar-refractivity contribution in [3.63, 3.8) is 0 Å². The van der Waals surface area contributed by atoms with Crippen molar-refractivity contribution in [1.29, 1.82) is 0 Å². The number of hydrogen-bond donors (Lipinski definition) is 1. The minimum Gasteiger partial charge on any atom is -0.507 e. The molecule has 0 saturated carbocycles. The zero-order valence-electron chi connectivity index (χ0n) is 10.3. The second kappa shape index (κ2) is 3.87. The van der Waals surface area contributed by atoms with E-state index in [2.05, 4.69) is 4.98 Å². The fourth-order valence-electron chi connectivity index (χ4n) is 1.57. The Bertz CT molecular complexity index is 434. The topological polar surface area (TPSA) is 51.6 Å². The molecule has 0 spiro atoms. The summed E-state index contributed by atoms with van der Waals surface area (Å²) in [5.74, 6) is 0.0212. The van der Waals surface area contributed by atoms with Crippen molar-refractivity contribution in [1.82, 2.24) is 4.98 Å². The number of hydrogen-bond acceptors (Lipinski definition) is 4. The highest BCUT2D eigenvalue weighted by atomic mass is 35.5. The van der Waals surface area contributed by atoms with Crippen molar-refractivity contribution in [2.75, 3.05) is 0 Å². The summed E-state index contributed by atoms with van der Waals surface area (Å²) in [5.41, 5.74) is -0.612. The lowest BCUT2D eigenvalue weighted by atomic mass is 9.83. The van der Waals surface area contributed by atoms with Crippen LogP contribution in [-0.4, -0.2) is 28.4 Å². The van der Waals surface area contributed by atoms with Gasteiger partial charge in [-0.1, -0.05) is 11.6 Å². The minimum absolute atomic E-state index is 0.0212. The fourth-order valence-corrected chi connectivity index (χ4v) is 1.72. The lowest BCUT2D eigenvalue weighted by molar-refractivity contribution is 0.00578. The second-order valence-electron chi connectivity index (χ2n) is 5.13. The van der Waals surface area contributed by atoms with Crippen molar-refractivity contribution in [3.05, 3.63) is 17.3 Å². The number of halogens is 1. The maximum absolute atomic E-state index is 9.75. The van der Waals surface area contributed by atoms with E-state index >= 15 is 0 Å². The van der Waals surface area contributed by atoms with E-state index in [1.165, 1.54) is 12.1 Å². The summed E-state index contributed by atoms with van der Waals surface area (Å²) < 4.78 is 11.6. The van der Waals surface area contributed by atoms with Gasteiger partial charge in [0.2, 0.25) is 0 Å². The van der Waals surface area contributed by atoms with E-state index < -0.39 is 18.3 Å². The van der Waals surface area contributed by atoms with Crippen LogP contribution in [0.25, 0.3) is 0 Å². The van der Waals surface area contributed by atoms with Crippen molar-refractivity contribution < 1.29 is 14.4 Å². The quantitative estimate of drug-likeness (QED) is 0.613. The van der Waals surface area contributed by atoms with Crippen molar-refractivity contribution >= 4 is 24.3 Å². The van der Waals surface area contributed by atoms with Gasteiger partial charge < -0.3 is 14.4 Å². The maximum atomic E-state index is 9.75. The van der Waals surface area contributed by atoms with Crippen LogP contribution in [0, 0.1) is 0 Å². The molecule has 2 rings (SSSR count). The molecule has 1 aliphatic rings. The molecule has 0 radical (unpaired) electrons. The Hall–Kier alpha value is -0.775. The summed E-state index contributed by atoms with van der Waals surface area (Å²) >= 11 is 5.80. The van der Waals surface area contributed by atoms with E-state index in [0.29, 0.717) is 10.7 Å². The molecule has 0 bridgehead atoms. The zero-order valence-corrected chi connectivity index (χ0v) is 11.1. The molecule has 6 heteroatoms. The SMILES string of the molecule is CC1(C)OB(c2nc(Cl)ccc2O)OC1(C)C. The number of aromatic nitrogens is 1. The van der Waals surface area contributed by atoms with E-state index in [9.17, 15) is 5.11 Å². The van der Waals surface area contributed by atoms with Crippen molar-refractivity contribution in [2.24, 2.45) is 0 Å². The molecule has 2 heterocycles. The van der Waals surface area contributed by atoms with Gasteiger partial charge in [-0.2, -0.15) is 0 Å². The van der Waals surface area contributed by atoms with Gasteiger partial charge in [-0.05, 0) is 39.8 Å². The van der Waals surface area contributed by atoms with Crippen LogP contribution in [0.3, 0.4) is 0 Å². The maximum Gasteiger partial charge on any atom is 0.518 e. The molecule has 1 saturated heterocycles. The van der Waals surface area contributed by atoms with Gasteiger partial charge in [0.25, 0.3) is 0 Å². The third-order valence-corrected chi connectivity index (χ3v) is 3.56. The number of pyridine rings is 1. The molecule has 0 amide bonds. The first-order chi connectivity index (χ1) is 7.73. The van der Waals surface area contributed by atoms with Crippen LogP contribution in [0.5, 0.6) is 5.75 Å². The molecule has 1 aromatic rings. The van der Waals surface area contributed by atoms with E-state index in [-0.39, 0.29) is 5.75 Å². The van der Waals surface area contributed by atoms with Crippen LogP contribution in [0.15, 0.2) is 12.1 Å². The van der Waals surface area contributed by atoms with Crippen molar-refractivity contribution in [3.8, 4) is 5.75 Å². The van der Waals surface area contributed by atoms with Crippen LogP contribution >= 0.6 is 11.6 Å².